The minimum atomic E-state index is 0. The Balaban J connectivity index is 0.00000162. The molecule has 2 rings (SSSR count). The van der Waals surface area contributed by atoms with E-state index in [1.54, 1.807) is 0 Å². The predicted octanol–water partition coefficient (Wildman–Crippen LogP) is 1.14. The lowest BCUT2D eigenvalue weighted by atomic mass is 10.1. The van der Waals surface area contributed by atoms with Gasteiger partial charge >= 0.3 is 0 Å². The molecule has 0 unspecified atom stereocenters. The normalized spacial score (nSPS) is 17.2. The van der Waals surface area contributed by atoms with Crippen LogP contribution in [0.2, 0.25) is 0 Å². The van der Waals surface area contributed by atoms with Gasteiger partial charge in [0.1, 0.15) is 5.84 Å². The number of rotatable bonds is 3. The zero-order valence-corrected chi connectivity index (χ0v) is 11.5. The Labute approximate surface area is 115 Å². The van der Waals surface area contributed by atoms with E-state index in [0.717, 1.165) is 38.3 Å². The standard InChI is InChI=1S/C13H20N4.ClH/c1-16-5-7-17(8-6-16)10-11-3-2-4-12(9-11)13(14)15;/h2-4,9H,5-8,10H2,1H3,(H3,14,15);1H. The molecule has 1 heterocycles. The van der Waals surface area contributed by atoms with Crippen molar-refractivity contribution in [1.82, 2.24) is 9.80 Å². The smallest absolute Gasteiger partial charge is 0.122 e. The lowest BCUT2D eigenvalue weighted by Gasteiger charge is -2.32. The minimum absolute atomic E-state index is 0. The Morgan fingerprint density at radius 2 is 1.94 bits per heavy atom. The van der Waals surface area contributed by atoms with Gasteiger partial charge in [-0.3, -0.25) is 10.3 Å². The summed E-state index contributed by atoms with van der Waals surface area (Å²) in [5, 5.41) is 7.44. The molecular formula is C13H21ClN4. The van der Waals surface area contributed by atoms with Crippen molar-refractivity contribution in [3.63, 3.8) is 0 Å². The summed E-state index contributed by atoms with van der Waals surface area (Å²) in [4.78, 5) is 4.79. The van der Waals surface area contributed by atoms with E-state index >= 15 is 0 Å². The molecule has 0 aliphatic carbocycles. The highest BCUT2D eigenvalue weighted by Gasteiger charge is 2.13. The average molecular weight is 269 g/mol. The topological polar surface area (TPSA) is 56.4 Å². The molecule has 1 aliphatic heterocycles. The molecule has 0 spiro atoms. The first-order valence-corrected chi connectivity index (χ1v) is 5.99. The molecule has 0 aromatic heterocycles. The number of nitrogens with one attached hydrogen (secondary N) is 1. The predicted molar refractivity (Wildman–Crippen MR) is 77.5 cm³/mol. The van der Waals surface area contributed by atoms with Crippen LogP contribution >= 0.6 is 12.4 Å². The van der Waals surface area contributed by atoms with Gasteiger partial charge in [0.25, 0.3) is 0 Å². The maximum Gasteiger partial charge on any atom is 0.122 e. The molecule has 4 nitrogen and oxygen atoms in total. The van der Waals surface area contributed by atoms with Crippen molar-refractivity contribution in [2.24, 2.45) is 5.73 Å². The maximum atomic E-state index is 7.44. The lowest BCUT2D eigenvalue weighted by Crippen LogP contribution is -2.43. The monoisotopic (exact) mass is 268 g/mol. The van der Waals surface area contributed by atoms with E-state index in [1.807, 2.05) is 18.2 Å². The minimum Gasteiger partial charge on any atom is -0.384 e. The number of piperazine rings is 1. The number of likely N-dealkylation sites (N-methyl/N-ethyl adjacent to an activating group) is 1. The Morgan fingerprint density at radius 3 is 2.56 bits per heavy atom. The molecule has 1 aromatic rings. The molecule has 1 saturated heterocycles. The van der Waals surface area contributed by atoms with Gasteiger partial charge in [-0.2, -0.15) is 0 Å². The van der Waals surface area contributed by atoms with Crippen LogP contribution in [0.4, 0.5) is 0 Å². The summed E-state index contributed by atoms with van der Waals surface area (Å²) in [5.74, 6) is 0.144. The van der Waals surface area contributed by atoms with Gasteiger partial charge in [0.15, 0.2) is 0 Å². The van der Waals surface area contributed by atoms with Crippen LogP contribution in [-0.4, -0.2) is 48.9 Å². The first-order valence-electron chi connectivity index (χ1n) is 5.99. The molecule has 0 bridgehead atoms. The molecule has 0 saturated carbocycles. The van der Waals surface area contributed by atoms with Gasteiger partial charge in [0, 0.05) is 38.3 Å². The van der Waals surface area contributed by atoms with Gasteiger partial charge in [0.2, 0.25) is 0 Å². The van der Waals surface area contributed by atoms with Crippen LogP contribution in [0.3, 0.4) is 0 Å². The number of halogens is 1. The van der Waals surface area contributed by atoms with Crippen LogP contribution in [-0.2, 0) is 6.54 Å². The third-order valence-electron chi connectivity index (χ3n) is 3.24. The van der Waals surface area contributed by atoms with E-state index in [-0.39, 0.29) is 18.2 Å². The van der Waals surface area contributed by atoms with Crippen LogP contribution in [0.25, 0.3) is 0 Å². The SMILES string of the molecule is CN1CCN(Cc2cccc(C(=N)N)c2)CC1.Cl. The molecule has 0 atom stereocenters. The third kappa shape index (κ3) is 3.98. The van der Waals surface area contributed by atoms with Crippen molar-refractivity contribution >= 4 is 18.2 Å². The largest absolute Gasteiger partial charge is 0.384 e. The van der Waals surface area contributed by atoms with E-state index in [4.69, 9.17) is 11.1 Å². The quantitative estimate of drug-likeness (QED) is 0.639. The number of benzene rings is 1. The number of nitrogen functional groups attached to an aromatic ring is 1. The van der Waals surface area contributed by atoms with Gasteiger partial charge in [-0.25, -0.2) is 0 Å². The number of hydrogen-bond acceptors (Lipinski definition) is 3. The van der Waals surface area contributed by atoms with Crippen molar-refractivity contribution in [3.05, 3.63) is 35.4 Å². The zero-order chi connectivity index (χ0) is 12.3. The molecule has 1 fully saturated rings. The van der Waals surface area contributed by atoms with E-state index in [2.05, 4.69) is 22.9 Å². The van der Waals surface area contributed by atoms with Crippen molar-refractivity contribution in [1.29, 1.82) is 5.41 Å². The second-order valence-corrected chi connectivity index (χ2v) is 4.69. The average Bonchev–Trinajstić information content (AvgIpc) is 2.32. The molecule has 0 amide bonds. The molecule has 100 valence electrons. The van der Waals surface area contributed by atoms with Crippen LogP contribution in [0.1, 0.15) is 11.1 Å². The van der Waals surface area contributed by atoms with E-state index in [9.17, 15) is 0 Å². The zero-order valence-electron chi connectivity index (χ0n) is 10.7. The number of nitrogens with zero attached hydrogens (tertiary/aromatic N) is 2. The first-order chi connectivity index (χ1) is 8.15. The van der Waals surface area contributed by atoms with Gasteiger partial charge in [-0.05, 0) is 18.7 Å². The number of hydrogen-bond donors (Lipinski definition) is 2. The fourth-order valence-electron chi connectivity index (χ4n) is 2.10. The summed E-state index contributed by atoms with van der Waals surface area (Å²) >= 11 is 0. The number of nitrogens with two attached hydrogens (primary N) is 1. The van der Waals surface area contributed by atoms with Crippen LogP contribution < -0.4 is 5.73 Å². The Bertz CT molecular complexity index is 400. The Hall–Kier alpha value is -1.10. The fraction of sp³-hybridized carbons (Fsp3) is 0.462. The summed E-state index contributed by atoms with van der Waals surface area (Å²) < 4.78 is 0. The molecule has 0 radical (unpaired) electrons. The Kier molecular flexibility index (Phi) is 5.59. The van der Waals surface area contributed by atoms with Crippen molar-refractivity contribution in [3.8, 4) is 0 Å². The van der Waals surface area contributed by atoms with Crippen molar-refractivity contribution < 1.29 is 0 Å². The summed E-state index contributed by atoms with van der Waals surface area (Å²) in [6, 6.07) is 7.98. The van der Waals surface area contributed by atoms with Crippen LogP contribution in [0.5, 0.6) is 0 Å². The van der Waals surface area contributed by atoms with Gasteiger partial charge < -0.3 is 10.6 Å². The van der Waals surface area contributed by atoms with Crippen molar-refractivity contribution in [2.45, 2.75) is 6.54 Å². The lowest BCUT2D eigenvalue weighted by molar-refractivity contribution is 0.148. The van der Waals surface area contributed by atoms with Gasteiger partial charge in [0.05, 0.1) is 0 Å². The summed E-state index contributed by atoms with van der Waals surface area (Å²) in [7, 11) is 2.16. The van der Waals surface area contributed by atoms with Crippen LogP contribution in [0, 0.1) is 5.41 Å². The Morgan fingerprint density at radius 1 is 1.28 bits per heavy atom. The van der Waals surface area contributed by atoms with Crippen LogP contribution in [0.15, 0.2) is 24.3 Å². The first kappa shape index (κ1) is 15.0. The molecule has 1 aliphatic rings. The highest BCUT2D eigenvalue weighted by molar-refractivity contribution is 5.95. The summed E-state index contributed by atoms with van der Waals surface area (Å²) in [6.07, 6.45) is 0. The molecule has 5 heteroatoms. The fourth-order valence-corrected chi connectivity index (χ4v) is 2.10. The van der Waals surface area contributed by atoms with Crippen molar-refractivity contribution in [2.75, 3.05) is 33.2 Å². The van der Waals surface area contributed by atoms with E-state index < -0.39 is 0 Å². The second-order valence-electron chi connectivity index (χ2n) is 4.69. The maximum absolute atomic E-state index is 7.44. The molecule has 1 aromatic carbocycles. The van der Waals surface area contributed by atoms with Gasteiger partial charge in [-0.15, -0.1) is 12.4 Å². The second kappa shape index (κ2) is 6.73. The molecule has 3 N–H and O–H groups in total. The summed E-state index contributed by atoms with van der Waals surface area (Å²) in [5.41, 5.74) is 7.55. The molecular weight excluding hydrogens is 248 g/mol. The van der Waals surface area contributed by atoms with Gasteiger partial charge in [-0.1, -0.05) is 18.2 Å². The highest BCUT2D eigenvalue weighted by atomic mass is 35.5. The highest BCUT2D eigenvalue weighted by Crippen LogP contribution is 2.10. The van der Waals surface area contributed by atoms with E-state index in [1.165, 1.54) is 5.56 Å². The third-order valence-corrected chi connectivity index (χ3v) is 3.24. The van der Waals surface area contributed by atoms with E-state index in [0.29, 0.717) is 0 Å². The molecule has 18 heavy (non-hydrogen) atoms. The number of amidine groups is 1. The summed E-state index contributed by atoms with van der Waals surface area (Å²) in [6.45, 7) is 5.44.